The molecule has 1 unspecified atom stereocenters. The summed E-state index contributed by atoms with van der Waals surface area (Å²) in [4.78, 5) is 14.9. The Labute approximate surface area is 105 Å². The highest BCUT2D eigenvalue weighted by Gasteiger charge is 2.19. The first-order valence-corrected chi connectivity index (χ1v) is 6.09. The summed E-state index contributed by atoms with van der Waals surface area (Å²) in [5, 5.41) is 4.23. The summed E-state index contributed by atoms with van der Waals surface area (Å²) in [7, 11) is 0. The molecule has 2 aromatic rings. The molecule has 3 rings (SSSR count). The first kappa shape index (κ1) is 11.2. The molecular formula is C12H16N6. The lowest BCUT2D eigenvalue weighted by Crippen LogP contribution is -2.50. The third kappa shape index (κ3) is 1.84. The van der Waals surface area contributed by atoms with Crippen molar-refractivity contribution in [2.45, 2.75) is 13.0 Å². The molecule has 0 bridgehead atoms. The Bertz CT molecular complexity index is 569. The zero-order valence-corrected chi connectivity index (χ0v) is 10.3. The number of hydrogen-bond donors (Lipinski definition) is 2. The summed E-state index contributed by atoms with van der Waals surface area (Å²) in [6, 6.07) is 2.40. The Morgan fingerprint density at radius 3 is 3.11 bits per heavy atom. The quantitative estimate of drug-likeness (QED) is 0.756. The normalized spacial score (nSPS) is 20.3. The third-order valence-corrected chi connectivity index (χ3v) is 3.33. The van der Waals surface area contributed by atoms with E-state index in [1.807, 2.05) is 6.07 Å². The molecule has 0 spiro atoms. The van der Waals surface area contributed by atoms with Gasteiger partial charge in [-0.3, -0.25) is 0 Å². The van der Waals surface area contributed by atoms with E-state index < -0.39 is 0 Å². The molecule has 1 aliphatic heterocycles. The monoisotopic (exact) mass is 244 g/mol. The number of nitrogens with zero attached hydrogens (tertiary/aromatic N) is 4. The van der Waals surface area contributed by atoms with Crippen LogP contribution in [0.2, 0.25) is 0 Å². The number of hydrogen-bond acceptors (Lipinski definition) is 6. The number of rotatable bonds is 1. The van der Waals surface area contributed by atoms with Gasteiger partial charge in [-0.15, -0.1) is 0 Å². The van der Waals surface area contributed by atoms with Crippen molar-refractivity contribution < 1.29 is 0 Å². The van der Waals surface area contributed by atoms with Crippen LogP contribution in [0, 0.1) is 0 Å². The molecule has 0 saturated carbocycles. The molecule has 3 heterocycles. The predicted molar refractivity (Wildman–Crippen MR) is 71.4 cm³/mol. The number of fused-ring (bicyclic) bond motifs is 1. The van der Waals surface area contributed by atoms with Crippen LogP contribution >= 0.6 is 0 Å². The maximum absolute atomic E-state index is 5.88. The molecule has 94 valence electrons. The van der Waals surface area contributed by atoms with Crippen LogP contribution in [0.3, 0.4) is 0 Å². The fourth-order valence-corrected chi connectivity index (χ4v) is 2.31. The van der Waals surface area contributed by atoms with Gasteiger partial charge in [-0.2, -0.15) is 0 Å². The summed E-state index contributed by atoms with van der Waals surface area (Å²) < 4.78 is 0. The van der Waals surface area contributed by atoms with Crippen LogP contribution in [0.4, 0.5) is 11.6 Å². The van der Waals surface area contributed by atoms with Crippen molar-refractivity contribution in [2.75, 3.05) is 30.3 Å². The van der Waals surface area contributed by atoms with Crippen molar-refractivity contribution in [1.82, 2.24) is 20.3 Å². The second kappa shape index (κ2) is 4.38. The SMILES string of the molecule is CC1CNCCN1c1cc2c(N)ncnc2cn1. The van der Waals surface area contributed by atoms with Gasteiger partial charge < -0.3 is 16.0 Å². The van der Waals surface area contributed by atoms with Crippen LogP contribution in [0.15, 0.2) is 18.6 Å². The molecule has 0 aliphatic carbocycles. The highest BCUT2D eigenvalue weighted by atomic mass is 15.3. The second-order valence-corrected chi connectivity index (χ2v) is 4.57. The molecule has 3 N–H and O–H groups in total. The van der Waals surface area contributed by atoms with Gasteiger partial charge in [-0.1, -0.05) is 0 Å². The predicted octanol–water partition coefficient (Wildman–Crippen LogP) is 0.405. The van der Waals surface area contributed by atoms with Crippen LogP contribution in [0.5, 0.6) is 0 Å². The Morgan fingerprint density at radius 1 is 1.39 bits per heavy atom. The standard InChI is InChI=1S/C12H16N6/c1-8-5-14-2-3-18(8)11-4-9-10(6-15-11)16-7-17-12(9)13/h4,6-8,14H,2-3,5H2,1H3,(H2,13,16,17). The summed E-state index contributed by atoms with van der Waals surface area (Å²) in [5.41, 5.74) is 6.67. The molecule has 1 aliphatic rings. The van der Waals surface area contributed by atoms with E-state index in [-0.39, 0.29) is 0 Å². The number of anilines is 2. The van der Waals surface area contributed by atoms with Gasteiger partial charge in [0.05, 0.1) is 11.7 Å². The number of nitrogens with one attached hydrogen (secondary N) is 1. The lowest BCUT2D eigenvalue weighted by atomic mass is 10.2. The van der Waals surface area contributed by atoms with Gasteiger partial charge in [0, 0.05) is 31.1 Å². The van der Waals surface area contributed by atoms with E-state index in [9.17, 15) is 0 Å². The maximum Gasteiger partial charge on any atom is 0.134 e. The number of nitrogen functional groups attached to an aromatic ring is 1. The van der Waals surface area contributed by atoms with Crippen LogP contribution in [0.25, 0.3) is 10.9 Å². The fraction of sp³-hybridized carbons (Fsp3) is 0.417. The van der Waals surface area contributed by atoms with Gasteiger partial charge in [-0.05, 0) is 13.0 Å². The molecule has 2 aromatic heterocycles. The average molecular weight is 244 g/mol. The average Bonchev–Trinajstić information content (AvgIpc) is 2.40. The molecule has 0 radical (unpaired) electrons. The number of pyridine rings is 1. The molecule has 0 aromatic carbocycles. The van der Waals surface area contributed by atoms with Crippen molar-refractivity contribution in [3.8, 4) is 0 Å². The van der Waals surface area contributed by atoms with E-state index in [2.05, 4.69) is 32.1 Å². The minimum atomic E-state index is 0.426. The largest absolute Gasteiger partial charge is 0.383 e. The Hall–Kier alpha value is -1.95. The number of nitrogens with two attached hydrogens (primary N) is 1. The van der Waals surface area contributed by atoms with Crippen LogP contribution < -0.4 is 16.0 Å². The molecular weight excluding hydrogens is 228 g/mol. The molecule has 1 fully saturated rings. The maximum atomic E-state index is 5.88. The Balaban J connectivity index is 2.04. The van der Waals surface area contributed by atoms with Crippen molar-refractivity contribution in [3.63, 3.8) is 0 Å². The molecule has 6 heteroatoms. The fourth-order valence-electron chi connectivity index (χ4n) is 2.31. The Kier molecular flexibility index (Phi) is 2.71. The smallest absolute Gasteiger partial charge is 0.134 e. The van der Waals surface area contributed by atoms with E-state index in [0.29, 0.717) is 11.9 Å². The van der Waals surface area contributed by atoms with Crippen molar-refractivity contribution in [3.05, 3.63) is 18.6 Å². The summed E-state index contributed by atoms with van der Waals surface area (Å²) in [5.74, 6) is 1.45. The van der Waals surface area contributed by atoms with E-state index in [1.165, 1.54) is 6.33 Å². The minimum Gasteiger partial charge on any atom is -0.383 e. The summed E-state index contributed by atoms with van der Waals surface area (Å²) in [6.45, 7) is 5.08. The molecule has 18 heavy (non-hydrogen) atoms. The van der Waals surface area contributed by atoms with E-state index in [1.54, 1.807) is 6.20 Å². The van der Waals surface area contributed by atoms with Gasteiger partial charge in [0.2, 0.25) is 0 Å². The zero-order chi connectivity index (χ0) is 12.5. The van der Waals surface area contributed by atoms with E-state index in [0.717, 1.165) is 36.4 Å². The zero-order valence-electron chi connectivity index (χ0n) is 10.3. The van der Waals surface area contributed by atoms with Gasteiger partial charge in [-0.25, -0.2) is 15.0 Å². The minimum absolute atomic E-state index is 0.426. The highest BCUT2D eigenvalue weighted by Crippen LogP contribution is 2.22. The number of piperazine rings is 1. The molecule has 6 nitrogen and oxygen atoms in total. The van der Waals surface area contributed by atoms with Crippen molar-refractivity contribution in [1.29, 1.82) is 0 Å². The van der Waals surface area contributed by atoms with E-state index in [4.69, 9.17) is 5.73 Å². The summed E-state index contributed by atoms with van der Waals surface area (Å²) in [6.07, 6.45) is 3.23. The van der Waals surface area contributed by atoms with Gasteiger partial charge in [0.1, 0.15) is 18.0 Å². The second-order valence-electron chi connectivity index (χ2n) is 4.57. The van der Waals surface area contributed by atoms with Crippen LogP contribution in [-0.2, 0) is 0 Å². The molecule has 0 amide bonds. The first-order valence-electron chi connectivity index (χ1n) is 6.09. The third-order valence-electron chi connectivity index (χ3n) is 3.33. The lowest BCUT2D eigenvalue weighted by Gasteiger charge is -2.34. The van der Waals surface area contributed by atoms with Crippen LogP contribution in [0.1, 0.15) is 6.92 Å². The van der Waals surface area contributed by atoms with Crippen molar-refractivity contribution in [2.24, 2.45) is 0 Å². The number of aromatic nitrogens is 3. The molecule has 1 saturated heterocycles. The first-order chi connectivity index (χ1) is 8.75. The van der Waals surface area contributed by atoms with E-state index >= 15 is 0 Å². The van der Waals surface area contributed by atoms with Gasteiger partial charge in [0.25, 0.3) is 0 Å². The lowest BCUT2D eigenvalue weighted by molar-refractivity contribution is 0.497. The summed E-state index contributed by atoms with van der Waals surface area (Å²) >= 11 is 0. The topological polar surface area (TPSA) is 80.0 Å². The highest BCUT2D eigenvalue weighted by molar-refractivity contribution is 5.89. The van der Waals surface area contributed by atoms with Gasteiger partial charge in [0.15, 0.2) is 0 Å². The Morgan fingerprint density at radius 2 is 2.28 bits per heavy atom. The molecule has 1 atom stereocenters. The van der Waals surface area contributed by atoms with Crippen molar-refractivity contribution >= 4 is 22.5 Å². The van der Waals surface area contributed by atoms with Gasteiger partial charge >= 0.3 is 0 Å². The van der Waals surface area contributed by atoms with Crippen LogP contribution in [-0.4, -0.2) is 40.6 Å².